The fourth-order valence-corrected chi connectivity index (χ4v) is 1.92. The van der Waals surface area contributed by atoms with Crippen LogP contribution in [0.4, 0.5) is 10.5 Å². The van der Waals surface area contributed by atoms with Crippen LogP contribution in [-0.2, 0) is 4.74 Å². The molecular weight excluding hydrogens is 320 g/mol. The Morgan fingerprint density at radius 1 is 1.48 bits per heavy atom. The molecule has 1 aromatic carbocycles. The summed E-state index contributed by atoms with van der Waals surface area (Å²) in [6.45, 7) is 7.15. The Morgan fingerprint density at radius 3 is 2.65 bits per heavy atom. The average Bonchev–Trinajstić information content (AvgIpc) is 2.42. The van der Waals surface area contributed by atoms with Gasteiger partial charge < -0.3 is 10.1 Å². The molecule has 6 nitrogen and oxygen atoms in total. The van der Waals surface area contributed by atoms with Gasteiger partial charge in [0.1, 0.15) is 5.60 Å². The molecule has 0 aromatic heterocycles. The molecule has 126 valence electrons. The summed E-state index contributed by atoms with van der Waals surface area (Å²) in [7, 11) is 0. The number of non-ortho nitro benzene ring substituents is 1. The first kappa shape index (κ1) is 19.0. The van der Waals surface area contributed by atoms with E-state index < -0.39 is 22.7 Å². The predicted octanol–water partition coefficient (Wildman–Crippen LogP) is 4.05. The summed E-state index contributed by atoms with van der Waals surface area (Å²) in [5, 5.41) is 13.5. The number of alkyl carbamates (subject to hydrolysis) is 1. The zero-order valence-corrected chi connectivity index (χ0v) is 14.4. The van der Waals surface area contributed by atoms with E-state index in [0.29, 0.717) is 5.56 Å². The topological polar surface area (TPSA) is 81.5 Å². The molecule has 1 amide bonds. The third-order valence-corrected chi connectivity index (χ3v) is 3.18. The number of ether oxygens (including phenoxy) is 1. The largest absolute Gasteiger partial charge is 0.444 e. The van der Waals surface area contributed by atoms with Gasteiger partial charge in [-0.3, -0.25) is 10.1 Å². The number of aryl methyl sites for hydroxylation is 1. The van der Waals surface area contributed by atoms with Crippen molar-refractivity contribution in [2.24, 2.45) is 0 Å². The van der Waals surface area contributed by atoms with Gasteiger partial charge in [0.15, 0.2) is 0 Å². The lowest BCUT2D eigenvalue weighted by Gasteiger charge is -2.21. The van der Waals surface area contributed by atoms with Gasteiger partial charge in [0.25, 0.3) is 5.69 Å². The van der Waals surface area contributed by atoms with Crippen molar-refractivity contribution in [2.75, 3.05) is 5.88 Å². The Balaban J connectivity index is 2.83. The zero-order chi connectivity index (χ0) is 17.6. The molecule has 1 aromatic rings. The number of nitro groups is 1. The molecule has 0 bridgehead atoms. The van der Waals surface area contributed by atoms with Crippen LogP contribution in [0.25, 0.3) is 6.08 Å². The Bertz CT molecular complexity index is 609. The molecular formula is C16H21ClN2O4. The summed E-state index contributed by atoms with van der Waals surface area (Å²) in [6, 6.07) is 4.16. The third kappa shape index (κ3) is 6.69. The molecule has 0 heterocycles. The number of alkyl halides is 1. The molecule has 0 fully saturated rings. The Labute approximate surface area is 140 Å². The lowest BCUT2D eigenvalue weighted by atomic mass is 10.1. The van der Waals surface area contributed by atoms with Crippen molar-refractivity contribution in [2.45, 2.75) is 39.3 Å². The fraction of sp³-hybridized carbons (Fsp3) is 0.438. The van der Waals surface area contributed by atoms with E-state index >= 15 is 0 Å². The minimum absolute atomic E-state index is 0.0118. The van der Waals surface area contributed by atoms with Gasteiger partial charge in [-0.15, -0.1) is 11.6 Å². The Hall–Kier alpha value is -2.08. The van der Waals surface area contributed by atoms with E-state index in [0.717, 1.165) is 5.56 Å². The summed E-state index contributed by atoms with van der Waals surface area (Å²) in [4.78, 5) is 22.1. The fourth-order valence-electron chi connectivity index (χ4n) is 1.74. The van der Waals surface area contributed by atoms with Crippen molar-refractivity contribution in [3.8, 4) is 0 Å². The highest BCUT2D eigenvalue weighted by Gasteiger charge is 2.18. The number of hydrogen-bond acceptors (Lipinski definition) is 4. The van der Waals surface area contributed by atoms with Gasteiger partial charge in [0.05, 0.1) is 11.0 Å². The number of halogens is 1. The molecule has 7 heteroatoms. The second-order valence-corrected chi connectivity index (χ2v) is 6.37. The van der Waals surface area contributed by atoms with E-state index in [4.69, 9.17) is 16.3 Å². The minimum Gasteiger partial charge on any atom is -0.444 e. The molecule has 0 aliphatic carbocycles. The van der Waals surface area contributed by atoms with E-state index in [9.17, 15) is 14.9 Å². The molecule has 0 spiro atoms. The van der Waals surface area contributed by atoms with Crippen LogP contribution in [0.2, 0.25) is 0 Å². The highest BCUT2D eigenvalue weighted by Crippen LogP contribution is 2.19. The molecule has 0 unspecified atom stereocenters. The maximum absolute atomic E-state index is 11.7. The van der Waals surface area contributed by atoms with Crippen LogP contribution >= 0.6 is 11.6 Å². The molecule has 1 rings (SSSR count). The number of amides is 1. The number of hydrogen-bond donors (Lipinski definition) is 1. The van der Waals surface area contributed by atoms with Gasteiger partial charge in [0.2, 0.25) is 0 Å². The van der Waals surface area contributed by atoms with Crippen molar-refractivity contribution in [3.63, 3.8) is 0 Å². The van der Waals surface area contributed by atoms with Crippen molar-refractivity contribution in [3.05, 3.63) is 45.5 Å². The predicted molar refractivity (Wildman–Crippen MR) is 90.7 cm³/mol. The van der Waals surface area contributed by atoms with Crippen LogP contribution in [-0.4, -0.2) is 28.5 Å². The van der Waals surface area contributed by atoms with Crippen LogP contribution in [0.3, 0.4) is 0 Å². The van der Waals surface area contributed by atoms with E-state index in [1.807, 2.05) is 6.92 Å². The maximum Gasteiger partial charge on any atom is 0.408 e. The van der Waals surface area contributed by atoms with Gasteiger partial charge in [-0.05, 0) is 38.8 Å². The van der Waals surface area contributed by atoms with Crippen LogP contribution in [0.15, 0.2) is 24.3 Å². The molecule has 23 heavy (non-hydrogen) atoms. The monoisotopic (exact) mass is 340 g/mol. The van der Waals surface area contributed by atoms with Crippen molar-refractivity contribution >= 4 is 29.5 Å². The van der Waals surface area contributed by atoms with Crippen LogP contribution in [0, 0.1) is 17.0 Å². The third-order valence-electron chi connectivity index (χ3n) is 2.85. The number of carbonyl (C=O) groups excluding carboxylic acids is 1. The normalized spacial score (nSPS) is 12.9. The van der Waals surface area contributed by atoms with Crippen LogP contribution in [0.5, 0.6) is 0 Å². The first-order valence-electron chi connectivity index (χ1n) is 7.11. The lowest BCUT2D eigenvalue weighted by Crippen LogP contribution is -2.39. The quantitative estimate of drug-likeness (QED) is 0.498. The molecule has 0 saturated carbocycles. The number of nitrogens with zero attached hydrogens (tertiary/aromatic N) is 1. The first-order valence-corrected chi connectivity index (χ1v) is 7.64. The second kappa shape index (κ2) is 7.97. The summed E-state index contributed by atoms with van der Waals surface area (Å²) >= 11 is 5.84. The number of benzene rings is 1. The highest BCUT2D eigenvalue weighted by molar-refractivity contribution is 6.18. The van der Waals surface area contributed by atoms with Crippen LogP contribution in [0.1, 0.15) is 31.9 Å². The average molecular weight is 341 g/mol. The summed E-state index contributed by atoms with van der Waals surface area (Å²) in [5.41, 5.74) is 0.997. The molecule has 0 aliphatic heterocycles. The van der Waals surface area contributed by atoms with Crippen molar-refractivity contribution in [1.29, 1.82) is 0 Å². The Kier molecular flexibility index (Phi) is 6.57. The summed E-state index contributed by atoms with van der Waals surface area (Å²) in [5.74, 6) is 0.156. The van der Waals surface area contributed by atoms with Gasteiger partial charge in [-0.25, -0.2) is 4.79 Å². The van der Waals surface area contributed by atoms with Gasteiger partial charge in [-0.2, -0.15) is 0 Å². The smallest absolute Gasteiger partial charge is 0.408 e. The number of nitro benzene ring substituents is 1. The van der Waals surface area contributed by atoms with E-state index in [1.165, 1.54) is 12.1 Å². The number of carbonyl (C=O) groups is 1. The molecule has 1 atom stereocenters. The van der Waals surface area contributed by atoms with Crippen molar-refractivity contribution in [1.82, 2.24) is 5.32 Å². The maximum atomic E-state index is 11.7. The molecule has 0 saturated heterocycles. The molecule has 1 N–H and O–H groups in total. The van der Waals surface area contributed by atoms with E-state index in [2.05, 4.69) is 5.32 Å². The summed E-state index contributed by atoms with van der Waals surface area (Å²) in [6.07, 6.45) is 2.82. The Morgan fingerprint density at radius 2 is 2.13 bits per heavy atom. The summed E-state index contributed by atoms with van der Waals surface area (Å²) < 4.78 is 5.16. The first-order chi connectivity index (χ1) is 10.6. The molecule has 0 radical (unpaired) electrons. The van der Waals surface area contributed by atoms with Gasteiger partial charge in [-0.1, -0.05) is 18.2 Å². The van der Waals surface area contributed by atoms with Gasteiger partial charge in [0, 0.05) is 18.0 Å². The van der Waals surface area contributed by atoms with Crippen molar-refractivity contribution < 1.29 is 14.5 Å². The zero-order valence-electron chi connectivity index (χ0n) is 13.6. The number of rotatable bonds is 5. The second-order valence-electron chi connectivity index (χ2n) is 6.06. The SMILES string of the molecule is Cc1ccc([N+](=O)[O-])cc1/C=C/[C@H](CCl)NC(=O)OC(C)(C)C. The minimum atomic E-state index is -0.596. The van der Waals surface area contributed by atoms with Gasteiger partial charge >= 0.3 is 6.09 Å². The molecule has 0 aliphatic rings. The standard InChI is InChI=1S/C16H21ClN2O4/c1-11-5-8-14(19(21)22)9-12(11)6-7-13(10-17)18-15(20)23-16(2,3)4/h5-9,13H,10H2,1-4H3,(H,18,20)/b7-6+/t13-/m1/s1. The number of nitrogens with one attached hydrogen (secondary N) is 1. The van der Waals surface area contributed by atoms with E-state index in [1.54, 1.807) is 39.0 Å². The van der Waals surface area contributed by atoms with Crippen LogP contribution < -0.4 is 5.32 Å². The highest BCUT2D eigenvalue weighted by atomic mass is 35.5. The van der Waals surface area contributed by atoms with E-state index in [-0.39, 0.29) is 11.6 Å². The lowest BCUT2D eigenvalue weighted by molar-refractivity contribution is -0.384.